The molecule has 0 aliphatic heterocycles. The molecule has 0 aliphatic rings. The zero-order chi connectivity index (χ0) is 16.5. The standard InChI is InChI=1S/C16H16N4O3/c1-22-14-7-6-13(16(21)19-20-17)10-15(14)23-9-3-5-12-4-2-8-18-11-12/h2,4,6-8,10-11H,3,5,9H2,1H3. The van der Waals surface area contributed by atoms with Crippen molar-refractivity contribution in [3.05, 3.63) is 64.3 Å². The number of nitrogens with zero attached hydrogens (tertiary/aromatic N) is 4. The highest BCUT2D eigenvalue weighted by atomic mass is 16.5. The summed E-state index contributed by atoms with van der Waals surface area (Å²) in [6.07, 6.45) is 5.19. The number of aryl methyl sites for hydroxylation is 1. The van der Waals surface area contributed by atoms with E-state index < -0.39 is 5.91 Å². The molecule has 1 amide bonds. The van der Waals surface area contributed by atoms with Gasteiger partial charge in [0.2, 0.25) is 5.91 Å². The van der Waals surface area contributed by atoms with Gasteiger partial charge in [-0.2, -0.15) is 0 Å². The lowest BCUT2D eigenvalue weighted by Crippen LogP contribution is -2.03. The number of ether oxygens (including phenoxy) is 2. The SMILES string of the molecule is COc1ccc(C(=O)N=[N+]=[N-])cc1OCCCc1cccnc1. The van der Waals surface area contributed by atoms with Gasteiger partial charge in [-0.3, -0.25) is 9.78 Å². The lowest BCUT2D eigenvalue weighted by Gasteiger charge is -2.11. The summed E-state index contributed by atoms with van der Waals surface area (Å²) < 4.78 is 10.9. The zero-order valence-corrected chi connectivity index (χ0v) is 12.7. The first kappa shape index (κ1) is 16.3. The maximum absolute atomic E-state index is 11.6. The third-order valence-corrected chi connectivity index (χ3v) is 3.14. The van der Waals surface area contributed by atoms with Crippen molar-refractivity contribution in [2.24, 2.45) is 5.11 Å². The van der Waals surface area contributed by atoms with Crippen molar-refractivity contribution in [2.45, 2.75) is 12.8 Å². The van der Waals surface area contributed by atoms with Crippen molar-refractivity contribution in [2.75, 3.05) is 13.7 Å². The van der Waals surface area contributed by atoms with Gasteiger partial charge in [0, 0.05) is 22.9 Å². The van der Waals surface area contributed by atoms with E-state index in [1.165, 1.54) is 19.2 Å². The number of methoxy groups -OCH3 is 1. The second-order valence-electron chi connectivity index (χ2n) is 4.67. The van der Waals surface area contributed by atoms with Gasteiger partial charge >= 0.3 is 0 Å². The Kier molecular flexibility index (Phi) is 5.97. The number of azide groups is 1. The highest BCUT2D eigenvalue weighted by molar-refractivity contribution is 5.95. The molecule has 7 heteroatoms. The molecule has 1 heterocycles. The summed E-state index contributed by atoms with van der Waals surface area (Å²) in [5.41, 5.74) is 9.72. The zero-order valence-electron chi connectivity index (χ0n) is 12.7. The summed E-state index contributed by atoms with van der Waals surface area (Å²) in [5, 5.41) is 3.07. The van der Waals surface area contributed by atoms with Crippen molar-refractivity contribution >= 4 is 5.91 Å². The molecule has 0 bridgehead atoms. The van der Waals surface area contributed by atoms with E-state index in [4.69, 9.17) is 15.0 Å². The van der Waals surface area contributed by atoms with Gasteiger partial charge in [0.05, 0.1) is 13.7 Å². The minimum Gasteiger partial charge on any atom is -0.493 e. The smallest absolute Gasteiger partial charge is 0.249 e. The van der Waals surface area contributed by atoms with E-state index in [0.29, 0.717) is 18.1 Å². The fourth-order valence-corrected chi connectivity index (χ4v) is 2.03. The largest absolute Gasteiger partial charge is 0.493 e. The first-order valence-electron chi connectivity index (χ1n) is 7.03. The first-order valence-corrected chi connectivity index (χ1v) is 7.03. The highest BCUT2D eigenvalue weighted by Crippen LogP contribution is 2.28. The fraction of sp³-hybridized carbons (Fsp3) is 0.250. The quantitative estimate of drug-likeness (QED) is 0.338. The van der Waals surface area contributed by atoms with Crippen LogP contribution in [0.2, 0.25) is 0 Å². The van der Waals surface area contributed by atoms with Crippen molar-refractivity contribution in [1.29, 1.82) is 0 Å². The van der Waals surface area contributed by atoms with E-state index in [1.54, 1.807) is 12.3 Å². The Labute approximate surface area is 133 Å². The molecule has 1 aromatic heterocycles. The predicted octanol–water partition coefficient (Wildman–Crippen LogP) is 3.55. The molecule has 0 fully saturated rings. The molecule has 1 aromatic carbocycles. The second-order valence-corrected chi connectivity index (χ2v) is 4.67. The topological polar surface area (TPSA) is 97.2 Å². The number of carbonyl (C=O) groups excluding carboxylic acids is 1. The molecule has 0 saturated heterocycles. The van der Waals surface area contributed by atoms with Crippen LogP contribution < -0.4 is 9.47 Å². The summed E-state index contributed by atoms with van der Waals surface area (Å²) in [6.45, 7) is 0.463. The number of aromatic nitrogens is 1. The molecular formula is C16H16N4O3. The van der Waals surface area contributed by atoms with Gasteiger partial charge in [0.1, 0.15) is 0 Å². The van der Waals surface area contributed by atoms with Crippen LogP contribution in [0.1, 0.15) is 22.3 Å². The number of rotatable bonds is 7. The Morgan fingerprint density at radius 2 is 2.22 bits per heavy atom. The van der Waals surface area contributed by atoms with Gasteiger partial charge in [0.25, 0.3) is 0 Å². The molecule has 0 spiro atoms. The molecule has 0 aliphatic carbocycles. The van der Waals surface area contributed by atoms with Gasteiger partial charge in [-0.15, -0.1) is 0 Å². The molecule has 23 heavy (non-hydrogen) atoms. The fourth-order valence-electron chi connectivity index (χ4n) is 2.03. The van der Waals surface area contributed by atoms with Crippen LogP contribution in [-0.4, -0.2) is 24.6 Å². The minimum atomic E-state index is -0.657. The van der Waals surface area contributed by atoms with Crippen LogP contribution in [0.5, 0.6) is 11.5 Å². The van der Waals surface area contributed by atoms with Crippen LogP contribution >= 0.6 is 0 Å². The van der Waals surface area contributed by atoms with Gasteiger partial charge in [-0.05, 0) is 53.3 Å². The molecule has 2 rings (SSSR count). The van der Waals surface area contributed by atoms with Gasteiger partial charge < -0.3 is 9.47 Å². The van der Waals surface area contributed by atoms with Crippen LogP contribution in [0.4, 0.5) is 0 Å². The Morgan fingerprint density at radius 1 is 1.35 bits per heavy atom. The Hall–Kier alpha value is -3.05. The Morgan fingerprint density at radius 3 is 2.91 bits per heavy atom. The number of hydrogen-bond acceptors (Lipinski definition) is 4. The number of hydrogen-bond donors (Lipinski definition) is 0. The van der Waals surface area contributed by atoms with Crippen LogP contribution in [0.15, 0.2) is 47.8 Å². The van der Waals surface area contributed by atoms with Gasteiger partial charge in [0.15, 0.2) is 11.5 Å². The van der Waals surface area contributed by atoms with Gasteiger partial charge in [-0.25, -0.2) is 0 Å². The maximum Gasteiger partial charge on any atom is 0.249 e. The maximum atomic E-state index is 11.6. The lowest BCUT2D eigenvalue weighted by atomic mass is 10.1. The van der Waals surface area contributed by atoms with E-state index >= 15 is 0 Å². The normalized spacial score (nSPS) is 9.78. The number of pyridine rings is 1. The summed E-state index contributed by atoms with van der Waals surface area (Å²) >= 11 is 0. The summed E-state index contributed by atoms with van der Waals surface area (Å²) in [6, 6.07) is 8.55. The van der Waals surface area contributed by atoms with Crippen LogP contribution in [0.25, 0.3) is 10.4 Å². The van der Waals surface area contributed by atoms with Crippen molar-refractivity contribution < 1.29 is 14.3 Å². The van der Waals surface area contributed by atoms with Crippen LogP contribution in [0, 0.1) is 0 Å². The van der Waals surface area contributed by atoms with E-state index in [-0.39, 0.29) is 5.56 Å². The summed E-state index contributed by atoms with van der Waals surface area (Å²) in [7, 11) is 1.52. The monoisotopic (exact) mass is 312 g/mol. The molecule has 0 atom stereocenters. The number of carbonyl (C=O) groups is 1. The molecule has 0 radical (unpaired) electrons. The molecule has 7 nitrogen and oxygen atoms in total. The van der Waals surface area contributed by atoms with Crippen molar-refractivity contribution in [1.82, 2.24) is 4.98 Å². The molecular weight excluding hydrogens is 296 g/mol. The average molecular weight is 312 g/mol. The average Bonchev–Trinajstić information content (AvgIpc) is 2.59. The summed E-state index contributed by atoms with van der Waals surface area (Å²) in [4.78, 5) is 18.1. The van der Waals surface area contributed by atoms with Crippen molar-refractivity contribution in [3.63, 3.8) is 0 Å². The van der Waals surface area contributed by atoms with Crippen LogP contribution in [-0.2, 0) is 6.42 Å². The Balaban J connectivity index is 1.98. The molecule has 118 valence electrons. The lowest BCUT2D eigenvalue weighted by molar-refractivity contribution is 0.1000. The van der Waals surface area contributed by atoms with Crippen molar-refractivity contribution in [3.8, 4) is 11.5 Å². The number of benzene rings is 1. The van der Waals surface area contributed by atoms with Gasteiger partial charge in [-0.1, -0.05) is 6.07 Å². The van der Waals surface area contributed by atoms with Crippen LogP contribution in [0.3, 0.4) is 0 Å². The van der Waals surface area contributed by atoms with E-state index in [1.807, 2.05) is 18.3 Å². The van der Waals surface area contributed by atoms with E-state index in [2.05, 4.69) is 15.0 Å². The first-order chi connectivity index (χ1) is 11.2. The molecule has 0 N–H and O–H groups in total. The third kappa shape index (κ3) is 4.72. The van der Waals surface area contributed by atoms with E-state index in [0.717, 1.165) is 18.4 Å². The second kappa shape index (κ2) is 8.41. The highest BCUT2D eigenvalue weighted by Gasteiger charge is 2.10. The van der Waals surface area contributed by atoms with E-state index in [9.17, 15) is 4.79 Å². The minimum absolute atomic E-state index is 0.255. The number of amides is 1. The predicted molar refractivity (Wildman–Crippen MR) is 84.5 cm³/mol. The third-order valence-electron chi connectivity index (χ3n) is 3.14. The Bertz CT molecular complexity index is 713. The molecule has 0 saturated carbocycles. The molecule has 2 aromatic rings. The molecule has 0 unspecified atom stereocenters. The summed E-state index contributed by atoms with van der Waals surface area (Å²) in [5.74, 6) is 0.303.